The maximum atomic E-state index is 11.7. The van der Waals surface area contributed by atoms with Gasteiger partial charge >= 0.3 is 0 Å². The Labute approximate surface area is 128 Å². The highest BCUT2D eigenvalue weighted by atomic mass is 32.2. The van der Waals surface area contributed by atoms with E-state index in [4.69, 9.17) is 0 Å². The van der Waals surface area contributed by atoms with E-state index < -0.39 is 10.0 Å². The molecule has 1 saturated heterocycles. The van der Waals surface area contributed by atoms with Gasteiger partial charge in [0.05, 0.1) is 5.75 Å². The number of likely N-dealkylation sites (tertiary alicyclic amines) is 1. The van der Waals surface area contributed by atoms with Gasteiger partial charge in [-0.2, -0.15) is 0 Å². The van der Waals surface area contributed by atoms with Crippen molar-refractivity contribution in [3.8, 4) is 0 Å². The van der Waals surface area contributed by atoms with Gasteiger partial charge in [0.15, 0.2) is 0 Å². The maximum absolute atomic E-state index is 11.7. The third-order valence-electron chi connectivity index (χ3n) is 3.92. The van der Waals surface area contributed by atoms with Crippen LogP contribution in [0.4, 0.5) is 0 Å². The first-order chi connectivity index (χ1) is 10.1. The van der Waals surface area contributed by atoms with Crippen molar-refractivity contribution in [3.63, 3.8) is 0 Å². The van der Waals surface area contributed by atoms with Crippen molar-refractivity contribution in [3.05, 3.63) is 35.9 Å². The summed E-state index contributed by atoms with van der Waals surface area (Å²) in [6.07, 6.45) is 2.92. The Hall–Kier alpha value is -0.910. The van der Waals surface area contributed by atoms with E-state index in [1.165, 1.54) is 5.56 Å². The Kier molecular flexibility index (Phi) is 6.21. The van der Waals surface area contributed by atoms with Crippen molar-refractivity contribution < 1.29 is 8.42 Å². The van der Waals surface area contributed by atoms with Gasteiger partial charge in [0.25, 0.3) is 0 Å². The van der Waals surface area contributed by atoms with Crippen LogP contribution in [0.2, 0.25) is 0 Å². The van der Waals surface area contributed by atoms with Crippen LogP contribution in [0.15, 0.2) is 30.3 Å². The van der Waals surface area contributed by atoms with Crippen LogP contribution in [0.3, 0.4) is 0 Å². The van der Waals surface area contributed by atoms with Crippen LogP contribution in [0.1, 0.15) is 31.7 Å². The van der Waals surface area contributed by atoms with E-state index in [2.05, 4.69) is 33.9 Å². The average molecular weight is 310 g/mol. The molecule has 1 N–H and O–H groups in total. The summed E-state index contributed by atoms with van der Waals surface area (Å²) in [6.45, 7) is 5.50. The Morgan fingerprint density at radius 1 is 1.29 bits per heavy atom. The molecule has 0 aliphatic carbocycles. The first-order valence-electron chi connectivity index (χ1n) is 7.82. The van der Waals surface area contributed by atoms with Gasteiger partial charge in [-0.15, -0.1) is 0 Å². The number of nitrogens with zero attached hydrogens (tertiary/aromatic N) is 1. The second-order valence-electron chi connectivity index (χ2n) is 5.90. The molecule has 1 aromatic rings. The van der Waals surface area contributed by atoms with Crippen molar-refractivity contribution in [2.24, 2.45) is 5.92 Å². The zero-order valence-corrected chi connectivity index (χ0v) is 13.6. The first kappa shape index (κ1) is 16.5. The van der Waals surface area contributed by atoms with Gasteiger partial charge in [-0.3, -0.25) is 4.90 Å². The van der Waals surface area contributed by atoms with Gasteiger partial charge in [0.1, 0.15) is 0 Å². The van der Waals surface area contributed by atoms with Crippen LogP contribution in [0.25, 0.3) is 0 Å². The van der Waals surface area contributed by atoms with Gasteiger partial charge in [-0.1, -0.05) is 37.3 Å². The summed E-state index contributed by atoms with van der Waals surface area (Å²) < 4.78 is 26.2. The molecule has 0 saturated carbocycles. The number of piperidine rings is 1. The lowest BCUT2D eigenvalue weighted by atomic mass is 9.98. The predicted octanol–water partition coefficient (Wildman–Crippen LogP) is 2.23. The lowest BCUT2D eigenvalue weighted by molar-refractivity contribution is 0.169. The monoisotopic (exact) mass is 310 g/mol. The molecule has 0 aromatic heterocycles. The van der Waals surface area contributed by atoms with Gasteiger partial charge in [-0.05, 0) is 37.3 Å². The molecule has 1 atom stereocenters. The SMILES string of the molecule is CCCS(=O)(=O)NCC1CCCN(Cc2ccccc2)C1. The van der Waals surface area contributed by atoms with Crippen LogP contribution >= 0.6 is 0 Å². The number of rotatable bonds is 7. The third kappa shape index (κ3) is 5.77. The van der Waals surface area contributed by atoms with Crippen molar-refractivity contribution in [2.75, 3.05) is 25.4 Å². The maximum Gasteiger partial charge on any atom is 0.211 e. The molecule has 5 heteroatoms. The fraction of sp³-hybridized carbons (Fsp3) is 0.625. The fourth-order valence-electron chi connectivity index (χ4n) is 2.89. The fourth-order valence-corrected chi connectivity index (χ4v) is 4.06. The lowest BCUT2D eigenvalue weighted by Crippen LogP contribution is -2.41. The number of nitrogens with one attached hydrogen (secondary N) is 1. The third-order valence-corrected chi connectivity index (χ3v) is 5.47. The Bertz CT molecular complexity index is 516. The lowest BCUT2D eigenvalue weighted by Gasteiger charge is -2.32. The minimum Gasteiger partial charge on any atom is -0.299 e. The van der Waals surface area contributed by atoms with E-state index in [-0.39, 0.29) is 5.75 Å². The smallest absolute Gasteiger partial charge is 0.211 e. The Morgan fingerprint density at radius 2 is 2.05 bits per heavy atom. The van der Waals surface area contributed by atoms with E-state index in [0.29, 0.717) is 18.9 Å². The normalized spacial score (nSPS) is 20.5. The second-order valence-corrected chi connectivity index (χ2v) is 7.82. The molecule has 0 bridgehead atoms. The highest BCUT2D eigenvalue weighted by Crippen LogP contribution is 2.18. The molecule has 1 fully saturated rings. The molecule has 1 heterocycles. The van der Waals surface area contributed by atoms with Crippen molar-refractivity contribution in [1.82, 2.24) is 9.62 Å². The number of sulfonamides is 1. The van der Waals surface area contributed by atoms with E-state index in [1.807, 2.05) is 13.0 Å². The summed E-state index contributed by atoms with van der Waals surface area (Å²) in [5, 5.41) is 0. The Balaban J connectivity index is 1.81. The van der Waals surface area contributed by atoms with Crippen LogP contribution in [-0.4, -0.2) is 38.7 Å². The molecule has 2 rings (SSSR count). The molecule has 21 heavy (non-hydrogen) atoms. The Morgan fingerprint density at radius 3 is 2.76 bits per heavy atom. The molecule has 1 aromatic carbocycles. The van der Waals surface area contributed by atoms with Gasteiger partial charge < -0.3 is 0 Å². The van der Waals surface area contributed by atoms with Gasteiger partial charge in [0.2, 0.25) is 10.0 Å². The summed E-state index contributed by atoms with van der Waals surface area (Å²) in [6, 6.07) is 10.5. The van der Waals surface area contributed by atoms with E-state index in [9.17, 15) is 8.42 Å². The molecular weight excluding hydrogens is 284 g/mol. The van der Waals surface area contributed by atoms with Crippen molar-refractivity contribution in [1.29, 1.82) is 0 Å². The predicted molar refractivity (Wildman–Crippen MR) is 86.5 cm³/mol. The van der Waals surface area contributed by atoms with Crippen LogP contribution in [0, 0.1) is 5.92 Å². The van der Waals surface area contributed by atoms with Crippen LogP contribution < -0.4 is 4.72 Å². The van der Waals surface area contributed by atoms with Crippen molar-refractivity contribution >= 4 is 10.0 Å². The molecule has 118 valence electrons. The average Bonchev–Trinajstić information content (AvgIpc) is 2.47. The number of hydrogen-bond donors (Lipinski definition) is 1. The van der Waals surface area contributed by atoms with Crippen LogP contribution in [0.5, 0.6) is 0 Å². The summed E-state index contributed by atoms with van der Waals surface area (Å²) in [7, 11) is -3.08. The highest BCUT2D eigenvalue weighted by Gasteiger charge is 2.21. The van der Waals surface area contributed by atoms with Crippen LogP contribution in [-0.2, 0) is 16.6 Å². The van der Waals surface area contributed by atoms with Crippen molar-refractivity contribution in [2.45, 2.75) is 32.7 Å². The van der Waals surface area contributed by atoms with Gasteiger partial charge in [-0.25, -0.2) is 13.1 Å². The molecule has 4 nitrogen and oxygen atoms in total. The molecule has 0 amide bonds. The summed E-state index contributed by atoms with van der Waals surface area (Å²) in [4.78, 5) is 2.43. The van der Waals surface area contributed by atoms with Gasteiger partial charge in [0, 0.05) is 19.6 Å². The molecule has 0 radical (unpaired) electrons. The molecular formula is C16H26N2O2S. The first-order valence-corrected chi connectivity index (χ1v) is 9.48. The van der Waals surface area contributed by atoms with E-state index in [1.54, 1.807) is 0 Å². The summed E-state index contributed by atoms with van der Waals surface area (Å²) in [5.74, 6) is 0.655. The largest absolute Gasteiger partial charge is 0.299 e. The minimum absolute atomic E-state index is 0.230. The summed E-state index contributed by atoms with van der Waals surface area (Å²) >= 11 is 0. The minimum atomic E-state index is -3.08. The van der Waals surface area contributed by atoms with E-state index >= 15 is 0 Å². The highest BCUT2D eigenvalue weighted by molar-refractivity contribution is 7.89. The number of benzene rings is 1. The molecule has 1 aliphatic heterocycles. The topological polar surface area (TPSA) is 49.4 Å². The molecule has 1 aliphatic rings. The molecule has 1 unspecified atom stereocenters. The number of hydrogen-bond acceptors (Lipinski definition) is 3. The van der Waals surface area contributed by atoms with E-state index in [0.717, 1.165) is 32.5 Å². The second kappa shape index (κ2) is 7.92. The summed E-state index contributed by atoms with van der Waals surface area (Å²) in [5.41, 5.74) is 1.32. The standard InChI is InChI=1S/C16H26N2O2S/c1-2-11-21(19,20)17-12-16-9-6-10-18(14-16)13-15-7-4-3-5-8-15/h3-5,7-8,16-17H,2,6,9-14H2,1H3. The zero-order valence-electron chi connectivity index (χ0n) is 12.8. The quantitative estimate of drug-likeness (QED) is 0.840. The molecule has 0 spiro atoms. The zero-order chi connectivity index (χ0) is 15.1.